The molecule has 1 saturated heterocycles. The second-order valence-electron chi connectivity index (χ2n) is 6.68. The van der Waals surface area contributed by atoms with E-state index in [4.69, 9.17) is 0 Å². The zero-order chi connectivity index (χ0) is 15.5. The van der Waals surface area contributed by atoms with E-state index in [0.29, 0.717) is 31.8 Å². The van der Waals surface area contributed by atoms with E-state index in [1.54, 1.807) is 0 Å². The summed E-state index contributed by atoms with van der Waals surface area (Å²) in [5.41, 5.74) is 0. The van der Waals surface area contributed by atoms with Gasteiger partial charge in [-0.25, -0.2) is 8.42 Å². The first-order valence-corrected chi connectivity index (χ1v) is 9.97. The van der Waals surface area contributed by atoms with E-state index >= 15 is 0 Å². The van der Waals surface area contributed by atoms with Crippen molar-refractivity contribution < 1.29 is 13.2 Å². The third kappa shape index (κ3) is 4.15. The normalized spacial score (nSPS) is 24.1. The fourth-order valence-electron chi connectivity index (χ4n) is 3.69. The van der Waals surface area contributed by atoms with Crippen LogP contribution in [0.3, 0.4) is 0 Å². The molecule has 2 rings (SSSR count). The second kappa shape index (κ2) is 7.97. The lowest BCUT2D eigenvalue weighted by Gasteiger charge is -2.37. The lowest BCUT2D eigenvalue weighted by Crippen LogP contribution is -2.59. The van der Waals surface area contributed by atoms with E-state index in [-0.39, 0.29) is 24.4 Å². The molecule has 0 bridgehead atoms. The molecule has 0 spiro atoms. The highest BCUT2D eigenvalue weighted by atomic mass is 35.5. The predicted molar refractivity (Wildman–Crippen MR) is 91.1 cm³/mol. The lowest BCUT2D eigenvalue weighted by molar-refractivity contribution is -0.125. The summed E-state index contributed by atoms with van der Waals surface area (Å²) in [5, 5.41) is 6.16. The second-order valence-corrected chi connectivity index (χ2v) is 9.00. The Morgan fingerprint density at radius 3 is 2.23 bits per heavy atom. The SMILES string of the molecule is CC(NC(=O)C1(S(C)(=O)=O)CCNCC1)C1CCCCC1.Cl. The standard InChI is InChI=1S/C15H28N2O3S.ClH/c1-12(13-6-4-3-5-7-13)17-14(18)15(21(2,19)20)8-10-16-11-9-15;/h12-13,16H,3-11H2,1-2H3,(H,17,18);1H. The molecule has 0 aromatic rings. The van der Waals surface area contributed by atoms with Gasteiger partial charge in [-0.15, -0.1) is 12.4 Å². The minimum Gasteiger partial charge on any atom is -0.352 e. The van der Waals surface area contributed by atoms with Crippen LogP contribution in [0, 0.1) is 5.92 Å². The summed E-state index contributed by atoms with van der Waals surface area (Å²) in [4.78, 5) is 12.7. The van der Waals surface area contributed by atoms with Gasteiger partial charge in [-0.05, 0) is 51.6 Å². The molecule has 0 aromatic heterocycles. The fraction of sp³-hybridized carbons (Fsp3) is 0.933. The van der Waals surface area contributed by atoms with Gasteiger partial charge in [-0.3, -0.25) is 4.79 Å². The van der Waals surface area contributed by atoms with Gasteiger partial charge >= 0.3 is 0 Å². The topological polar surface area (TPSA) is 75.3 Å². The minimum atomic E-state index is -3.42. The number of sulfone groups is 1. The first kappa shape index (κ1) is 19.7. The predicted octanol–water partition coefficient (Wildman–Crippen LogP) is 1.66. The number of carbonyl (C=O) groups excluding carboxylic acids is 1. The lowest BCUT2D eigenvalue weighted by atomic mass is 9.84. The van der Waals surface area contributed by atoms with E-state index in [1.165, 1.54) is 25.5 Å². The Morgan fingerprint density at radius 2 is 1.73 bits per heavy atom. The molecule has 7 heteroatoms. The van der Waals surface area contributed by atoms with Crippen LogP contribution in [0.4, 0.5) is 0 Å². The highest BCUT2D eigenvalue weighted by molar-refractivity contribution is 7.92. The number of halogens is 1. The maximum atomic E-state index is 12.7. The number of rotatable bonds is 4. The maximum absolute atomic E-state index is 12.7. The summed E-state index contributed by atoms with van der Waals surface area (Å²) in [5.74, 6) is 0.200. The molecule has 0 radical (unpaired) electrons. The smallest absolute Gasteiger partial charge is 0.241 e. The van der Waals surface area contributed by atoms with Crippen molar-refractivity contribution in [3.63, 3.8) is 0 Å². The summed E-state index contributed by atoms with van der Waals surface area (Å²) in [6, 6.07) is 0.0614. The van der Waals surface area contributed by atoms with Gasteiger partial charge in [0.15, 0.2) is 14.6 Å². The first-order valence-electron chi connectivity index (χ1n) is 8.08. The highest BCUT2D eigenvalue weighted by Crippen LogP contribution is 2.30. The van der Waals surface area contributed by atoms with Gasteiger partial charge in [-0.1, -0.05) is 19.3 Å². The summed E-state index contributed by atoms with van der Waals surface area (Å²) in [6.07, 6.45) is 7.91. The van der Waals surface area contributed by atoms with Gasteiger partial charge in [0.05, 0.1) is 0 Å². The number of hydrogen-bond acceptors (Lipinski definition) is 4. The molecule has 22 heavy (non-hydrogen) atoms. The van der Waals surface area contributed by atoms with Gasteiger partial charge in [0.25, 0.3) is 0 Å². The average Bonchev–Trinajstić information content (AvgIpc) is 2.47. The molecular weight excluding hydrogens is 324 g/mol. The third-order valence-electron chi connectivity index (χ3n) is 5.25. The molecule has 130 valence electrons. The number of piperidine rings is 1. The fourth-order valence-corrected chi connectivity index (χ4v) is 5.03. The van der Waals surface area contributed by atoms with Crippen molar-refractivity contribution >= 4 is 28.2 Å². The summed E-state index contributed by atoms with van der Waals surface area (Å²) >= 11 is 0. The van der Waals surface area contributed by atoms with Crippen LogP contribution in [-0.4, -0.2) is 44.5 Å². The number of carbonyl (C=O) groups is 1. The van der Waals surface area contributed by atoms with Crippen LogP contribution in [0.15, 0.2) is 0 Å². The Morgan fingerprint density at radius 1 is 1.18 bits per heavy atom. The van der Waals surface area contributed by atoms with Gasteiger partial charge in [0.2, 0.25) is 5.91 Å². The van der Waals surface area contributed by atoms with E-state index in [2.05, 4.69) is 10.6 Å². The van der Waals surface area contributed by atoms with Crippen LogP contribution < -0.4 is 10.6 Å². The summed E-state index contributed by atoms with van der Waals surface area (Å²) < 4.78 is 23.2. The van der Waals surface area contributed by atoms with Gasteiger partial charge in [0, 0.05) is 12.3 Å². The molecule has 2 fully saturated rings. The Labute approximate surface area is 140 Å². The zero-order valence-electron chi connectivity index (χ0n) is 13.6. The monoisotopic (exact) mass is 352 g/mol. The zero-order valence-corrected chi connectivity index (χ0v) is 15.2. The molecule has 1 unspecified atom stereocenters. The van der Waals surface area contributed by atoms with Crippen molar-refractivity contribution in [3.8, 4) is 0 Å². The molecule has 1 saturated carbocycles. The van der Waals surface area contributed by atoms with E-state index in [0.717, 1.165) is 12.8 Å². The van der Waals surface area contributed by atoms with Crippen LogP contribution >= 0.6 is 12.4 Å². The Bertz CT molecular complexity index is 469. The van der Waals surface area contributed by atoms with Crippen molar-refractivity contribution in [1.82, 2.24) is 10.6 Å². The van der Waals surface area contributed by atoms with Gasteiger partial charge < -0.3 is 10.6 Å². The third-order valence-corrected chi connectivity index (χ3v) is 7.26. The van der Waals surface area contributed by atoms with E-state index in [9.17, 15) is 13.2 Å². The molecule has 1 aliphatic heterocycles. The van der Waals surface area contributed by atoms with E-state index in [1.807, 2.05) is 6.92 Å². The van der Waals surface area contributed by atoms with E-state index < -0.39 is 14.6 Å². The Kier molecular flexibility index (Phi) is 7.15. The summed E-state index contributed by atoms with van der Waals surface area (Å²) in [7, 11) is -3.42. The van der Waals surface area contributed by atoms with Crippen LogP contribution in [0.25, 0.3) is 0 Å². The number of amides is 1. The molecule has 1 amide bonds. The Hall–Kier alpha value is -0.330. The van der Waals surface area contributed by atoms with Crippen molar-refractivity contribution in [2.45, 2.75) is 62.7 Å². The number of nitrogens with one attached hydrogen (secondary N) is 2. The summed E-state index contributed by atoms with van der Waals surface area (Å²) in [6.45, 7) is 3.18. The molecule has 0 aromatic carbocycles. The molecule has 2 N–H and O–H groups in total. The van der Waals surface area contributed by atoms with Crippen LogP contribution in [-0.2, 0) is 14.6 Å². The molecule has 1 aliphatic carbocycles. The van der Waals surface area contributed by atoms with Crippen molar-refractivity contribution in [3.05, 3.63) is 0 Å². The first-order chi connectivity index (χ1) is 9.87. The average molecular weight is 353 g/mol. The Balaban J connectivity index is 0.00000242. The van der Waals surface area contributed by atoms with Crippen molar-refractivity contribution in [2.75, 3.05) is 19.3 Å². The molecular formula is C15H29ClN2O3S. The van der Waals surface area contributed by atoms with Crippen molar-refractivity contribution in [2.24, 2.45) is 5.92 Å². The van der Waals surface area contributed by atoms with Gasteiger partial charge in [-0.2, -0.15) is 0 Å². The van der Waals surface area contributed by atoms with Crippen LogP contribution in [0.5, 0.6) is 0 Å². The van der Waals surface area contributed by atoms with Crippen molar-refractivity contribution in [1.29, 1.82) is 0 Å². The molecule has 5 nitrogen and oxygen atoms in total. The minimum absolute atomic E-state index is 0. The number of hydrogen-bond donors (Lipinski definition) is 2. The maximum Gasteiger partial charge on any atom is 0.241 e. The van der Waals surface area contributed by atoms with Crippen LogP contribution in [0.1, 0.15) is 51.9 Å². The highest BCUT2D eigenvalue weighted by Gasteiger charge is 2.49. The molecule has 1 heterocycles. The quantitative estimate of drug-likeness (QED) is 0.806. The van der Waals surface area contributed by atoms with Crippen LogP contribution in [0.2, 0.25) is 0 Å². The van der Waals surface area contributed by atoms with Gasteiger partial charge in [0.1, 0.15) is 0 Å². The molecule has 2 aliphatic rings. The molecule has 1 atom stereocenters. The largest absolute Gasteiger partial charge is 0.352 e.